The minimum absolute atomic E-state index is 0.0868. The topological polar surface area (TPSA) is 145 Å². The number of hydrogen-bond donors (Lipinski definition) is 5. The molecule has 132 valence electrons. The Bertz CT molecular complexity index is 299. The third kappa shape index (κ3) is 13.4. The van der Waals surface area contributed by atoms with Gasteiger partial charge in [0.15, 0.2) is 0 Å². The van der Waals surface area contributed by atoms with Crippen LogP contribution in [0.4, 0.5) is 9.59 Å². The maximum Gasteiger partial charge on any atom is 0.506 e. The maximum absolute atomic E-state index is 10.5. The smallest absolute Gasteiger partial charge is 0.450 e. The van der Waals surface area contributed by atoms with Crippen LogP contribution in [0.1, 0.15) is 40.0 Å². The van der Waals surface area contributed by atoms with E-state index >= 15 is 0 Å². The number of hydrogen-bond acceptors (Lipinski definition) is 5. The van der Waals surface area contributed by atoms with Gasteiger partial charge in [-0.15, -0.1) is 0 Å². The molecule has 8 nitrogen and oxygen atoms in total. The molecule has 0 heterocycles. The molecule has 0 bridgehead atoms. The normalized spacial score (nSPS) is 23.5. The summed E-state index contributed by atoms with van der Waals surface area (Å²) in [5.41, 5.74) is 0. The fourth-order valence-corrected chi connectivity index (χ4v) is 2.38. The van der Waals surface area contributed by atoms with Crippen molar-refractivity contribution in [1.29, 1.82) is 0 Å². The first kappa shape index (κ1) is 22.7. The summed E-state index contributed by atoms with van der Waals surface area (Å²) in [6.07, 6.45) is 0.125. The fraction of sp³-hybridized carbons (Fsp3) is 0.857. The summed E-state index contributed by atoms with van der Waals surface area (Å²) in [6.45, 7) is 6.19. The molecule has 1 saturated carbocycles. The first-order chi connectivity index (χ1) is 10.1. The van der Waals surface area contributed by atoms with E-state index in [-0.39, 0.29) is 19.3 Å². The summed E-state index contributed by atoms with van der Waals surface area (Å²) in [7, 11) is 0. The Morgan fingerprint density at radius 3 is 1.86 bits per heavy atom. The zero-order valence-electron chi connectivity index (χ0n) is 13.3. The molecule has 5 N–H and O–H groups in total. The molecule has 0 aromatic carbocycles. The third-order valence-electron chi connectivity index (χ3n) is 3.31. The highest BCUT2D eigenvalue weighted by Gasteiger charge is 2.33. The summed E-state index contributed by atoms with van der Waals surface area (Å²) < 4.78 is 4.95. The Morgan fingerprint density at radius 1 is 1.09 bits per heavy atom. The van der Waals surface area contributed by atoms with Crippen LogP contribution in [0, 0.1) is 17.8 Å². The van der Waals surface area contributed by atoms with E-state index in [0.29, 0.717) is 17.8 Å². The van der Waals surface area contributed by atoms with E-state index < -0.39 is 12.3 Å². The lowest BCUT2D eigenvalue weighted by atomic mass is 9.75. The first-order valence-corrected chi connectivity index (χ1v) is 7.18. The largest absolute Gasteiger partial charge is 0.506 e. The van der Waals surface area contributed by atoms with Crippen LogP contribution >= 0.6 is 0 Å². The average Bonchev–Trinajstić information content (AvgIpc) is 2.37. The van der Waals surface area contributed by atoms with Crippen LogP contribution in [0.3, 0.4) is 0 Å². The van der Waals surface area contributed by atoms with E-state index in [4.69, 9.17) is 35.1 Å². The molecule has 0 amide bonds. The standard InChI is InChI=1S/C11H20O3.C2H6O2.CH2O3/c1-7(2)9-5-4-8(3)6-10(9)14-11(12)13;3-1-2-4;2-1(3)4/h7-10H,4-6H2,1-3H3,(H,12,13);3-4H,1-2H2;(H2,2,3,4). The molecule has 0 aliphatic heterocycles. The molecule has 22 heavy (non-hydrogen) atoms. The Morgan fingerprint density at radius 2 is 1.55 bits per heavy atom. The molecule has 0 saturated heterocycles. The maximum atomic E-state index is 10.5. The number of carboxylic acid groups (broad SMARTS) is 3. The Labute approximate surface area is 130 Å². The van der Waals surface area contributed by atoms with Crippen LogP contribution in [0.2, 0.25) is 0 Å². The van der Waals surface area contributed by atoms with Gasteiger partial charge in [0.05, 0.1) is 13.2 Å². The summed E-state index contributed by atoms with van der Waals surface area (Å²) in [5, 5.41) is 37.8. The summed E-state index contributed by atoms with van der Waals surface area (Å²) in [6, 6.07) is 0. The molecule has 1 fully saturated rings. The van der Waals surface area contributed by atoms with E-state index in [1.54, 1.807) is 0 Å². The van der Waals surface area contributed by atoms with E-state index in [0.717, 1.165) is 12.8 Å². The predicted molar refractivity (Wildman–Crippen MR) is 79.1 cm³/mol. The van der Waals surface area contributed by atoms with E-state index in [1.807, 2.05) is 0 Å². The molecule has 1 aliphatic carbocycles. The molecular formula is C14H28O8. The van der Waals surface area contributed by atoms with Gasteiger partial charge in [-0.25, -0.2) is 9.59 Å². The van der Waals surface area contributed by atoms with Crippen LogP contribution in [0.25, 0.3) is 0 Å². The highest BCUT2D eigenvalue weighted by Crippen LogP contribution is 2.35. The van der Waals surface area contributed by atoms with Gasteiger partial charge in [-0.1, -0.05) is 27.2 Å². The fourth-order valence-electron chi connectivity index (χ4n) is 2.38. The molecule has 0 aromatic heterocycles. The molecule has 3 atom stereocenters. The van der Waals surface area contributed by atoms with Gasteiger partial charge < -0.3 is 30.3 Å². The molecule has 8 heteroatoms. The van der Waals surface area contributed by atoms with Gasteiger partial charge in [-0.05, 0) is 30.6 Å². The number of rotatable bonds is 3. The molecule has 1 rings (SSSR count). The van der Waals surface area contributed by atoms with Crippen molar-refractivity contribution in [2.24, 2.45) is 17.8 Å². The summed E-state index contributed by atoms with van der Waals surface area (Å²) in [5.74, 6) is 1.50. The van der Waals surface area contributed by atoms with E-state index in [9.17, 15) is 4.79 Å². The predicted octanol–water partition coefficient (Wildman–Crippen LogP) is 2.34. The van der Waals surface area contributed by atoms with Crippen LogP contribution in [0.5, 0.6) is 0 Å². The minimum atomic E-state index is -1.83. The number of aliphatic hydroxyl groups excluding tert-OH is 2. The van der Waals surface area contributed by atoms with Crippen molar-refractivity contribution in [2.45, 2.75) is 46.1 Å². The average molecular weight is 324 g/mol. The highest BCUT2D eigenvalue weighted by molar-refractivity contribution is 5.57. The van der Waals surface area contributed by atoms with Gasteiger partial charge in [-0.2, -0.15) is 0 Å². The highest BCUT2D eigenvalue weighted by atomic mass is 16.7. The van der Waals surface area contributed by atoms with Crippen molar-refractivity contribution in [2.75, 3.05) is 13.2 Å². The third-order valence-corrected chi connectivity index (χ3v) is 3.31. The summed E-state index contributed by atoms with van der Waals surface area (Å²) in [4.78, 5) is 19.1. The van der Waals surface area contributed by atoms with Crippen LogP contribution in [0.15, 0.2) is 0 Å². The number of aliphatic hydroxyl groups is 2. The molecule has 0 aromatic rings. The molecular weight excluding hydrogens is 296 g/mol. The zero-order chi connectivity index (χ0) is 17.7. The SMILES string of the molecule is CC1CCC(C(C)C)C(OC(=O)O)C1.O=C(O)O.OCCO. The second-order valence-electron chi connectivity index (χ2n) is 5.48. The zero-order valence-corrected chi connectivity index (χ0v) is 13.3. The van der Waals surface area contributed by atoms with Gasteiger partial charge in [0.25, 0.3) is 0 Å². The molecule has 0 spiro atoms. The van der Waals surface area contributed by atoms with Crippen molar-refractivity contribution in [3.05, 3.63) is 0 Å². The second-order valence-corrected chi connectivity index (χ2v) is 5.48. The van der Waals surface area contributed by atoms with Gasteiger partial charge in [0.2, 0.25) is 0 Å². The lowest BCUT2D eigenvalue weighted by Gasteiger charge is -2.35. The molecule has 0 radical (unpaired) electrons. The van der Waals surface area contributed by atoms with Crippen molar-refractivity contribution < 1.29 is 39.9 Å². The van der Waals surface area contributed by atoms with Crippen molar-refractivity contribution in [3.8, 4) is 0 Å². The monoisotopic (exact) mass is 324 g/mol. The Balaban J connectivity index is 0. The lowest BCUT2D eigenvalue weighted by Crippen LogP contribution is -2.35. The van der Waals surface area contributed by atoms with E-state index in [1.165, 1.54) is 6.42 Å². The number of ether oxygens (including phenoxy) is 1. The molecule has 3 unspecified atom stereocenters. The Kier molecular flexibility index (Phi) is 13.6. The van der Waals surface area contributed by atoms with Crippen LogP contribution in [-0.2, 0) is 4.74 Å². The molecule has 1 aliphatic rings. The van der Waals surface area contributed by atoms with Gasteiger partial charge >= 0.3 is 12.3 Å². The van der Waals surface area contributed by atoms with Crippen LogP contribution in [-0.4, -0.2) is 57.2 Å². The van der Waals surface area contributed by atoms with Crippen molar-refractivity contribution in [3.63, 3.8) is 0 Å². The minimum Gasteiger partial charge on any atom is -0.450 e. The van der Waals surface area contributed by atoms with Gasteiger partial charge in [-0.3, -0.25) is 0 Å². The first-order valence-electron chi connectivity index (χ1n) is 7.18. The van der Waals surface area contributed by atoms with Gasteiger partial charge in [0, 0.05) is 0 Å². The van der Waals surface area contributed by atoms with Crippen LogP contribution < -0.4 is 0 Å². The van der Waals surface area contributed by atoms with Crippen molar-refractivity contribution >= 4 is 12.3 Å². The van der Waals surface area contributed by atoms with Crippen molar-refractivity contribution in [1.82, 2.24) is 0 Å². The number of carbonyl (C=O) groups is 2. The summed E-state index contributed by atoms with van der Waals surface area (Å²) >= 11 is 0. The van der Waals surface area contributed by atoms with Gasteiger partial charge in [0.1, 0.15) is 6.10 Å². The van der Waals surface area contributed by atoms with E-state index in [2.05, 4.69) is 20.8 Å². The quantitative estimate of drug-likeness (QED) is 0.497. The second kappa shape index (κ2) is 13.1. The Hall–Kier alpha value is -1.54. The lowest BCUT2D eigenvalue weighted by molar-refractivity contribution is -0.0175.